The zero-order chi connectivity index (χ0) is 28.4. The highest BCUT2D eigenvalue weighted by Gasteiger charge is 2.41. The molecule has 2 aromatic rings. The molecule has 0 spiro atoms. The van der Waals surface area contributed by atoms with Crippen molar-refractivity contribution >= 4 is 11.9 Å². The first-order chi connectivity index (χ1) is 18.3. The number of urea groups is 1. The van der Waals surface area contributed by atoms with Gasteiger partial charge in [-0.25, -0.2) is 4.79 Å². The number of rotatable bonds is 4. The van der Waals surface area contributed by atoms with E-state index < -0.39 is 0 Å². The first-order valence-corrected chi connectivity index (χ1v) is 14.6. The predicted molar refractivity (Wildman–Crippen MR) is 159 cm³/mol. The highest BCUT2D eigenvalue weighted by Crippen LogP contribution is 2.36. The molecule has 1 N–H and O–H groups in total. The van der Waals surface area contributed by atoms with Crippen LogP contribution in [0.3, 0.4) is 0 Å². The Morgan fingerprint density at radius 1 is 0.821 bits per heavy atom. The van der Waals surface area contributed by atoms with Crippen molar-refractivity contribution in [2.24, 2.45) is 5.41 Å². The fourth-order valence-electron chi connectivity index (χ4n) is 6.03. The zero-order valence-electron chi connectivity index (χ0n) is 25.0. The van der Waals surface area contributed by atoms with Gasteiger partial charge in [-0.3, -0.25) is 9.69 Å². The van der Waals surface area contributed by atoms with Crippen molar-refractivity contribution in [2.45, 2.75) is 84.8 Å². The maximum Gasteiger partial charge on any atom is 0.317 e. The van der Waals surface area contributed by atoms with Crippen LogP contribution in [0.25, 0.3) is 0 Å². The van der Waals surface area contributed by atoms with Gasteiger partial charge in [0.1, 0.15) is 0 Å². The van der Waals surface area contributed by atoms with E-state index in [2.05, 4.69) is 111 Å². The van der Waals surface area contributed by atoms with Gasteiger partial charge in [0.05, 0.1) is 12.1 Å². The molecule has 2 heterocycles. The quantitative estimate of drug-likeness (QED) is 0.539. The molecular formula is C33H48N4O2. The molecule has 6 nitrogen and oxygen atoms in total. The van der Waals surface area contributed by atoms with Gasteiger partial charge in [0.2, 0.25) is 5.91 Å². The van der Waals surface area contributed by atoms with E-state index in [4.69, 9.17) is 0 Å². The molecule has 2 fully saturated rings. The first-order valence-electron chi connectivity index (χ1n) is 14.6. The highest BCUT2D eigenvalue weighted by molar-refractivity contribution is 5.75. The lowest BCUT2D eigenvalue weighted by molar-refractivity contribution is -0.129. The number of piperazine rings is 1. The second-order valence-corrected chi connectivity index (χ2v) is 13.5. The highest BCUT2D eigenvalue weighted by atomic mass is 16.2. The molecule has 39 heavy (non-hydrogen) atoms. The minimum Gasteiger partial charge on any atom is -0.343 e. The van der Waals surface area contributed by atoms with Gasteiger partial charge in [0, 0.05) is 45.7 Å². The molecule has 3 amide bonds. The molecule has 6 heteroatoms. The second-order valence-electron chi connectivity index (χ2n) is 13.5. The molecule has 0 aromatic heterocycles. The smallest absolute Gasteiger partial charge is 0.317 e. The van der Waals surface area contributed by atoms with E-state index in [1.165, 1.54) is 16.7 Å². The number of likely N-dealkylation sites (tertiary alicyclic amines) is 1. The molecule has 212 valence electrons. The lowest BCUT2D eigenvalue weighted by Gasteiger charge is -2.49. The minimum absolute atomic E-state index is 0.0293. The molecule has 0 radical (unpaired) electrons. The predicted octanol–water partition coefficient (Wildman–Crippen LogP) is 5.83. The number of hydrogen-bond acceptors (Lipinski definition) is 3. The number of benzene rings is 2. The molecule has 2 aliphatic rings. The number of carbonyl (C=O) groups excluding carboxylic acids is 2. The van der Waals surface area contributed by atoms with Crippen molar-refractivity contribution in [2.75, 3.05) is 32.7 Å². The lowest BCUT2D eigenvalue weighted by atomic mass is 9.82. The van der Waals surface area contributed by atoms with Crippen LogP contribution >= 0.6 is 0 Å². The van der Waals surface area contributed by atoms with Crippen LogP contribution in [0.15, 0.2) is 54.6 Å². The maximum atomic E-state index is 13.6. The van der Waals surface area contributed by atoms with Gasteiger partial charge < -0.3 is 15.1 Å². The fourth-order valence-corrected chi connectivity index (χ4v) is 6.03. The first kappa shape index (κ1) is 29.1. The Hall–Kier alpha value is -2.86. The van der Waals surface area contributed by atoms with Crippen LogP contribution in [0.1, 0.15) is 84.0 Å². The molecule has 0 bridgehead atoms. The Kier molecular flexibility index (Phi) is 8.75. The number of nitrogens with one attached hydrogen (secondary N) is 1. The number of amides is 3. The molecular weight excluding hydrogens is 484 g/mol. The van der Waals surface area contributed by atoms with Gasteiger partial charge in [-0.05, 0) is 40.4 Å². The van der Waals surface area contributed by atoms with Gasteiger partial charge in [-0.1, -0.05) is 96.1 Å². The monoisotopic (exact) mass is 532 g/mol. The second kappa shape index (κ2) is 11.7. The summed E-state index contributed by atoms with van der Waals surface area (Å²) in [6.07, 6.45) is 1.62. The summed E-state index contributed by atoms with van der Waals surface area (Å²) in [5, 5.41) is 3.31. The van der Waals surface area contributed by atoms with Gasteiger partial charge in [0.15, 0.2) is 0 Å². The summed E-state index contributed by atoms with van der Waals surface area (Å²) in [5.41, 5.74) is 3.94. The molecule has 4 rings (SSSR count). The molecule has 0 aliphatic carbocycles. The summed E-state index contributed by atoms with van der Waals surface area (Å²) >= 11 is 0. The van der Waals surface area contributed by atoms with Crippen molar-refractivity contribution in [1.29, 1.82) is 0 Å². The van der Waals surface area contributed by atoms with E-state index in [-0.39, 0.29) is 40.9 Å². The Morgan fingerprint density at radius 2 is 1.41 bits per heavy atom. The number of carbonyl (C=O) groups is 2. The van der Waals surface area contributed by atoms with Crippen LogP contribution in [0.5, 0.6) is 0 Å². The van der Waals surface area contributed by atoms with E-state index in [1.54, 1.807) is 6.92 Å². The summed E-state index contributed by atoms with van der Waals surface area (Å²) in [6.45, 7) is 18.8. The Labute approximate surface area is 235 Å². The van der Waals surface area contributed by atoms with Gasteiger partial charge >= 0.3 is 6.03 Å². The standard InChI is InChI=1S/C33H48N4O2/c1-24(38)35-19-17-28(18-20-35)34-31(39)37-22-21-36(23-29(37)33(5,6)7)30(25-11-9-8-10-12-25)26-13-15-27(16-14-26)32(2,3)4/h8-16,28-30H,17-23H2,1-7H3,(H,34,39). The molecule has 2 unspecified atom stereocenters. The molecule has 2 atom stereocenters. The summed E-state index contributed by atoms with van der Waals surface area (Å²) in [7, 11) is 0. The minimum atomic E-state index is -0.0780. The normalized spacial score (nSPS) is 20.5. The number of piperidine rings is 1. The van der Waals surface area contributed by atoms with Crippen molar-refractivity contribution < 1.29 is 9.59 Å². The SMILES string of the molecule is CC(=O)N1CCC(NC(=O)N2CCN(C(c3ccccc3)c3ccc(C(C)(C)C)cc3)CC2C(C)(C)C)CC1. The maximum absolute atomic E-state index is 13.6. The van der Waals surface area contributed by atoms with Crippen molar-refractivity contribution in [3.05, 3.63) is 71.3 Å². The van der Waals surface area contributed by atoms with E-state index in [1.807, 2.05) is 4.90 Å². The van der Waals surface area contributed by atoms with Crippen LogP contribution in [-0.4, -0.2) is 71.4 Å². The topological polar surface area (TPSA) is 55.9 Å². The van der Waals surface area contributed by atoms with E-state index >= 15 is 0 Å². The summed E-state index contributed by atoms with van der Waals surface area (Å²) < 4.78 is 0. The van der Waals surface area contributed by atoms with Crippen LogP contribution < -0.4 is 5.32 Å². The van der Waals surface area contributed by atoms with Crippen molar-refractivity contribution in [3.8, 4) is 0 Å². The Bertz CT molecular complexity index is 1110. The average Bonchev–Trinajstić information content (AvgIpc) is 2.89. The number of nitrogens with zero attached hydrogens (tertiary/aromatic N) is 3. The molecule has 2 aromatic carbocycles. The van der Waals surface area contributed by atoms with Crippen molar-refractivity contribution in [1.82, 2.24) is 20.0 Å². The Morgan fingerprint density at radius 3 is 1.95 bits per heavy atom. The van der Waals surface area contributed by atoms with Gasteiger partial charge in [-0.2, -0.15) is 0 Å². The largest absolute Gasteiger partial charge is 0.343 e. The molecule has 2 saturated heterocycles. The van der Waals surface area contributed by atoms with Crippen LogP contribution in [0, 0.1) is 5.41 Å². The zero-order valence-corrected chi connectivity index (χ0v) is 25.0. The third-order valence-corrected chi connectivity index (χ3v) is 8.51. The summed E-state index contributed by atoms with van der Waals surface area (Å²) in [4.78, 5) is 31.8. The van der Waals surface area contributed by atoms with Crippen LogP contribution in [-0.2, 0) is 10.2 Å². The molecule has 2 aliphatic heterocycles. The van der Waals surface area contributed by atoms with E-state index in [0.29, 0.717) is 19.6 Å². The number of hydrogen-bond donors (Lipinski definition) is 1. The third-order valence-electron chi connectivity index (χ3n) is 8.51. The average molecular weight is 533 g/mol. The van der Waals surface area contributed by atoms with Crippen molar-refractivity contribution in [3.63, 3.8) is 0 Å². The van der Waals surface area contributed by atoms with Gasteiger partial charge in [0.25, 0.3) is 0 Å². The van der Waals surface area contributed by atoms with Gasteiger partial charge in [-0.15, -0.1) is 0 Å². The van der Waals surface area contributed by atoms with E-state index in [0.717, 1.165) is 25.9 Å². The Balaban J connectivity index is 1.54. The molecule has 0 saturated carbocycles. The summed E-state index contributed by atoms with van der Waals surface area (Å²) in [6, 6.07) is 20.2. The fraction of sp³-hybridized carbons (Fsp3) is 0.576. The van der Waals surface area contributed by atoms with Crippen LogP contribution in [0.2, 0.25) is 0 Å². The van der Waals surface area contributed by atoms with Crippen LogP contribution in [0.4, 0.5) is 4.79 Å². The van der Waals surface area contributed by atoms with E-state index in [9.17, 15) is 9.59 Å². The lowest BCUT2D eigenvalue weighted by Crippen LogP contribution is -2.63. The summed E-state index contributed by atoms with van der Waals surface area (Å²) in [5.74, 6) is 0.115. The third kappa shape index (κ3) is 7.02.